The Balaban J connectivity index is 1.23. The molecule has 0 unspecified atom stereocenters. The van der Waals surface area contributed by atoms with Crippen molar-refractivity contribution in [3.63, 3.8) is 0 Å². The maximum atomic E-state index is 13.1. The number of aromatic nitrogens is 3. The van der Waals surface area contributed by atoms with E-state index in [1.807, 2.05) is 13.0 Å². The maximum absolute atomic E-state index is 13.1. The Labute approximate surface area is 226 Å². The first-order chi connectivity index (χ1) is 18.4. The Morgan fingerprint density at radius 3 is 2.32 bits per heavy atom. The number of rotatable bonds is 5. The van der Waals surface area contributed by atoms with Gasteiger partial charge in [-0.25, -0.2) is 13.4 Å². The molecule has 2 aromatic carbocycles. The van der Waals surface area contributed by atoms with Gasteiger partial charge in [0.2, 0.25) is 15.2 Å². The molecule has 1 aliphatic carbocycles. The number of benzene rings is 2. The van der Waals surface area contributed by atoms with Gasteiger partial charge in [0.25, 0.3) is 5.91 Å². The van der Waals surface area contributed by atoms with Crippen LogP contribution in [-0.4, -0.2) is 46.5 Å². The first kappa shape index (κ1) is 25.2. The van der Waals surface area contributed by atoms with Crippen LogP contribution in [0.3, 0.4) is 0 Å². The Bertz CT molecular complexity index is 1550. The van der Waals surface area contributed by atoms with Crippen LogP contribution >= 0.6 is 11.3 Å². The molecule has 2 aromatic heterocycles. The fourth-order valence-corrected chi connectivity index (χ4v) is 7.86. The lowest BCUT2D eigenvalue weighted by molar-refractivity contribution is 0.102. The summed E-state index contributed by atoms with van der Waals surface area (Å²) in [4.78, 5) is 18.2. The van der Waals surface area contributed by atoms with E-state index in [2.05, 4.69) is 22.5 Å². The topological polar surface area (TPSA) is 97.2 Å². The monoisotopic (exact) mass is 549 g/mol. The average molecular weight is 550 g/mol. The third-order valence-corrected chi connectivity index (χ3v) is 10.3. The van der Waals surface area contributed by atoms with Crippen LogP contribution in [0.1, 0.15) is 65.7 Å². The summed E-state index contributed by atoms with van der Waals surface area (Å²) in [5.41, 5.74) is 4.88. The molecular formula is C28H31N5O3S2. The lowest BCUT2D eigenvalue weighted by Crippen LogP contribution is -2.31. The van der Waals surface area contributed by atoms with E-state index < -0.39 is 10.0 Å². The predicted molar refractivity (Wildman–Crippen MR) is 150 cm³/mol. The molecule has 0 saturated carbocycles. The Hall–Kier alpha value is -3.08. The number of hydrogen-bond donors (Lipinski definition) is 1. The summed E-state index contributed by atoms with van der Waals surface area (Å²) in [6, 6.07) is 12.4. The van der Waals surface area contributed by atoms with E-state index in [0.29, 0.717) is 29.6 Å². The molecule has 1 N–H and O–H groups in total. The fraction of sp³-hybridized carbons (Fsp3) is 0.393. The smallest absolute Gasteiger partial charge is 0.256 e. The number of amides is 1. The van der Waals surface area contributed by atoms with Gasteiger partial charge in [-0.05, 0) is 93.0 Å². The second kappa shape index (κ2) is 10.2. The molecule has 4 aromatic rings. The molecular weight excluding hydrogens is 518 g/mol. The van der Waals surface area contributed by atoms with Crippen molar-refractivity contribution in [2.45, 2.75) is 63.2 Å². The summed E-state index contributed by atoms with van der Waals surface area (Å²) >= 11 is 1.56. The van der Waals surface area contributed by atoms with Gasteiger partial charge < -0.3 is 5.32 Å². The molecule has 0 radical (unpaired) electrons. The number of thiazole rings is 1. The van der Waals surface area contributed by atoms with Crippen LogP contribution in [0.25, 0.3) is 15.3 Å². The predicted octanol–water partition coefficient (Wildman–Crippen LogP) is 5.49. The van der Waals surface area contributed by atoms with Crippen LogP contribution in [0.2, 0.25) is 0 Å². The fourth-order valence-electron chi connectivity index (χ4n) is 5.37. The van der Waals surface area contributed by atoms with E-state index in [-0.39, 0.29) is 10.8 Å². The minimum Gasteiger partial charge on any atom is -0.306 e. The highest BCUT2D eigenvalue weighted by molar-refractivity contribution is 7.89. The molecule has 198 valence electrons. The maximum Gasteiger partial charge on any atom is 0.256 e. The van der Waals surface area contributed by atoms with Crippen molar-refractivity contribution in [3.8, 4) is 5.13 Å². The molecule has 1 aliphatic heterocycles. The Kier molecular flexibility index (Phi) is 6.79. The van der Waals surface area contributed by atoms with Crippen LogP contribution < -0.4 is 5.32 Å². The zero-order valence-electron chi connectivity index (χ0n) is 21.4. The molecule has 1 fully saturated rings. The third kappa shape index (κ3) is 4.88. The largest absolute Gasteiger partial charge is 0.306 e. The summed E-state index contributed by atoms with van der Waals surface area (Å²) in [5, 5.41) is 8.23. The molecule has 1 saturated heterocycles. The van der Waals surface area contributed by atoms with Crippen molar-refractivity contribution in [1.29, 1.82) is 0 Å². The van der Waals surface area contributed by atoms with Crippen molar-refractivity contribution in [1.82, 2.24) is 19.1 Å². The number of sulfonamides is 1. The third-order valence-electron chi connectivity index (χ3n) is 7.41. The van der Waals surface area contributed by atoms with Gasteiger partial charge in [-0.2, -0.15) is 14.1 Å². The van der Waals surface area contributed by atoms with Gasteiger partial charge in [-0.15, -0.1) is 0 Å². The van der Waals surface area contributed by atoms with Crippen molar-refractivity contribution < 1.29 is 13.2 Å². The summed E-state index contributed by atoms with van der Waals surface area (Å²) in [6.07, 6.45) is 8.52. The molecule has 0 atom stereocenters. The molecule has 0 bridgehead atoms. The van der Waals surface area contributed by atoms with Gasteiger partial charge in [0, 0.05) is 24.7 Å². The minimum atomic E-state index is -3.56. The van der Waals surface area contributed by atoms with Gasteiger partial charge in [0.05, 0.1) is 20.8 Å². The summed E-state index contributed by atoms with van der Waals surface area (Å²) in [6.45, 7) is 2.96. The lowest BCUT2D eigenvalue weighted by Gasteiger charge is -2.20. The molecule has 1 amide bonds. The number of anilines is 1. The highest BCUT2D eigenvalue weighted by atomic mass is 32.2. The van der Waals surface area contributed by atoms with Gasteiger partial charge >= 0.3 is 0 Å². The number of carbonyl (C=O) groups excluding carboxylic acids is 1. The van der Waals surface area contributed by atoms with Crippen molar-refractivity contribution in [2.24, 2.45) is 0 Å². The number of aryl methyl sites for hydroxylation is 3. The molecule has 3 heterocycles. The summed E-state index contributed by atoms with van der Waals surface area (Å²) in [5.74, 6) is 0.194. The minimum absolute atomic E-state index is 0.217. The second-order valence-electron chi connectivity index (χ2n) is 10.2. The number of nitrogens with zero attached hydrogens (tertiary/aromatic N) is 4. The first-order valence-electron chi connectivity index (χ1n) is 13.3. The van der Waals surface area contributed by atoms with Crippen LogP contribution in [0, 0.1) is 6.92 Å². The zero-order valence-corrected chi connectivity index (χ0v) is 23.1. The van der Waals surface area contributed by atoms with Crippen LogP contribution in [0.4, 0.5) is 5.82 Å². The average Bonchev–Trinajstić information content (AvgIpc) is 3.36. The Morgan fingerprint density at radius 2 is 1.61 bits per heavy atom. The quantitative estimate of drug-likeness (QED) is 0.355. The highest BCUT2D eigenvalue weighted by Crippen LogP contribution is 2.32. The number of hydrogen-bond acceptors (Lipinski definition) is 6. The lowest BCUT2D eigenvalue weighted by atomic mass is 9.92. The van der Waals surface area contributed by atoms with Crippen LogP contribution in [0.15, 0.2) is 47.4 Å². The van der Waals surface area contributed by atoms with E-state index in [1.165, 1.54) is 36.1 Å². The summed E-state index contributed by atoms with van der Waals surface area (Å²) in [7, 11) is -3.56. The first-order valence-corrected chi connectivity index (χ1v) is 15.5. The van der Waals surface area contributed by atoms with E-state index in [0.717, 1.165) is 54.4 Å². The summed E-state index contributed by atoms with van der Waals surface area (Å²) < 4.78 is 30.5. The molecule has 0 spiro atoms. The van der Waals surface area contributed by atoms with E-state index in [4.69, 9.17) is 4.98 Å². The molecule has 10 heteroatoms. The van der Waals surface area contributed by atoms with Crippen LogP contribution in [0.5, 0.6) is 0 Å². The molecule has 38 heavy (non-hydrogen) atoms. The van der Waals surface area contributed by atoms with Gasteiger partial charge in [0.1, 0.15) is 5.82 Å². The van der Waals surface area contributed by atoms with Gasteiger partial charge in [-0.3, -0.25) is 4.79 Å². The Morgan fingerprint density at radius 1 is 0.921 bits per heavy atom. The number of nitrogens with one attached hydrogen (secondary N) is 1. The molecule has 6 rings (SSSR count). The molecule has 8 nitrogen and oxygen atoms in total. The molecule has 2 aliphatic rings. The highest BCUT2D eigenvalue weighted by Gasteiger charge is 2.25. The van der Waals surface area contributed by atoms with E-state index in [1.54, 1.807) is 32.5 Å². The standard InChI is InChI=1S/C28H31N5O3S2/c1-19-16-26(33(31-19)28-29-24-17-21-8-4-5-9-22(21)18-25(24)37-28)30-27(34)20-10-12-23(13-11-20)38(35,36)32-14-6-2-3-7-15-32/h10-13,16-18H,2-9,14-15H2,1H3,(H,30,34). The van der Waals surface area contributed by atoms with Crippen molar-refractivity contribution in [2.75, 3.05) is 18.4 Å². The van der Waals surface area contributed by atoms with Crippen LogP contribution in [-0.2, 0) is 22.9 Å². The zero-order chi connectivity index (χ0) is 26.3. The van der Waals surface area contributed by atoms with Crippen molar-refractivity contribution in [3.05, 3.63) is 64.8 Å². The van der Waals surface area contributed by atoms with Gasteiger partial charge in [0.15, 0.2) is 0 Å². The number of carbonyl (C=O) groups is 1. The second-order valence-corrected chi connectivity index (χ2v) is 13.1. The number of fused-ring (bicyclic) bond motifs is 2. The van der Waals surface area contributed by atoms with E-state index in [9.17, 15) is 13.2 Å². The van der Waals surface area contributed by atoms with E-state index >= 15 is 0 Å². The SMILES string of the molecule is Cc1cc(NC(=O)c2ccc(S(=O)(=O)N3CCCCCC3)cc2)n(-c2nc3cc4c(cc3s2)CCCC4)n1. The normalized spacial score (nSPS) is 16.8. The van der Waals surface area contributed by atoms with Gasteiger partial charge in [-0.1, -0.05) is 24.2 Å². The van der Waals surface area contributed by atoms with Crippen molar-refractivity contribution >= 4 is 43.3 Å².